The fourth-order valence-electron chi connectivity index (χ4n) is 2.87. The zero-order valence-electron chi connectivity index (χ0n) is 13.9. The number of nitrogens with zero attached hydrogens (tertiary/aromatic N) is 1. The Balaban J connectivity index is 1.81. The Kier molecular flexibility index (Phi) is 5.19. The number of pyridine rings is 1. The number of aromatic nitrogens is 1. The first-order valence-corrected chi connectivity index (χ1v) is 9.73. The summed E-state index contributed by atoms with van der Waals surface area (Å²) in [6.45, 7) is 0.558. The third-order valence-electron chi connectivity index (χ3n) is 4.12. The Morgan fingerprint density at radius 2 is 2.20 bits per heavy atom. The predicted molar refractivity (Wildman–Crippen MR) is 93.1 cm³/mol. The third kappa shape index (κ3) is 4.26. The van der Waals surface area contributed by atoms with Crippen molar-refractivity contribution in [3.63, 3.8) is 0 Å². The van der Waals surface area contributed by atoms with E-state index in [1.807, 2.05) is 0 Å². The smallest absolute Gasteiger partial charge is 0.265 e. The van der Waals surface area contributed by atoms with Gasteiger partial charge in [-0.05, 0) is 43.5 Å². The summed E-state index contributed by atoms with van der Waals surface area (Å²) >= 11 is 0. The number of carbonyl (C=O) groups is 1. The molecule has 1 amide bonds. The molecule has 1 aliphatic rings. The Bertz CT molecular complexity index is 876. The molecule has 1 aliphatic heterocycles. The fourth-order valence-corrected chi connectivity index (χ4v) is 4.10. The van der Waals surface area contributed by atoms with E-state index in [2.05, 4.69) is 9.71 Å². The van der Waals surface area contributed by atoms with Crippen molar-refractivity contribution in [1.82, 2.24) is 9.71 Å². The summed E-state index contributed by atoms with van der Waals surface area (Å²) in [6.07, 6.45) is 3.66. The third-order valence-corrected chi connectivity index (χ3v) is 5.43. The molecule has 0 bridgehead atoms. The molecular formula is C17H20N2O5S. The molecule has 1 aromatic heterocycles. The molecule has 134 valence electrons. The molecule has 3 rings (SSSR count). The molecular weight excluding hydrogens is 344 g/mol. The van der Waals surface area contributed by atoms with Gasteiger partial charge in [0, 0.05) is 18.2 Å². The molecule has 1 N–H and O–H groups in total. The number of nitrogens with one attached hydrogen (secondary N) is 1. The van der Waals surface area contributed by atoms with E-state index >= 15 is 0 Å². The van der Waals surface area contributed by atoms with Crippen LogP contribution in [-0.4, -0.2) is 44.9 Å². The first kappa shape index (κ1) is 17.6. The van der Waals surface area contributed by atoms with Crippen LogP contribution in [0.15, 0.2) is 30.5 Å². The van der Waals surface area contributed by atoms with Gasteiger partial charge < -0.3 is 9.47 Å². The maximum atomic E-state index is 12.5. The molecule has 0 radical (unpaired) electrons. The molecule has 1 saturated heterocycles. The highest BCUT2D eigenvalue weighted by Gasteiger charge is 2.24. The standard InChI is InChI=1S/C17H20N2O5S/c1-23-12-5-6-16-15(10-12)14(7-8-18-16)17(20)19-25(21,22)11-13-4-2-3-9-24-13/h5-8,10,13H,2-4,9,11H2,1H3,(H,19,20). The zero-order chi connectivity index (χ0) is 17.9. The number of methoxy groups -OCH3 is 1. The number of rotatable bonds is 5. The van der Waals surface area contributed by atoms with E-state index in [4.69, 9.17) is 9.47 Å². The average molecular weight is 364 g/mol. The molecule has 0 saturated carbocycles. The number of hydrogen-bond donors (Lipinski definition) is 1. The monoisotopic (exact) mass is 364 g/mol. The average Bonchev–Trinajstić information content (AvgIpc) is 2.60. The second-order valence-electron chi connectivity index (χ2n) is 5.94. The van der Waals surface area contributed by atoms with E-state index in [0.717, 1.165) is 12.8 Å². The Hall–Kier alpha value is -2.19. The van der Waals surface area contributed by atoms with Crippen LogP contribution in [0.2, 0.25) is 0 Å². The molecule has 2 aromatic rings. The highest BCUT2D eigenvalue weighted by Crippen LogP contribution is 2.22. The SMILES string of the molecule is COc1ccc2nccc(C(=O)NS(=O)(=O)CC3CCCCO3)c2c1. The number of sulfonamides is 1. The van der Waals surface area contributed by atoms with Gasteiger partial charge in [-0.25, -0.2) is 13.1 Å². The van der Waals surface area contributed by atoms with Crippen LogP contribution in [0.3, 0.4) is 0 Å². The topological polar surface area (TPSA) is 94.6 Å². The van der Waals surface area contributed by atoms with Crippen molar-refractivity contribution in [3.8, 4) is 5.75 Å². The van der Waals surface area contributed by atoms with Crippen molar-refractivity contribution < 1.29 is 22.7 Å². The Morgan fingerprint density at radius 3 is 2.92 bits per heavy atom. The van der Waals surface area contributed by atoms with Gasteiger partial charge in [-0.15, -0.1) is 0 Å². The summed E-state index contributed by atoms with van der Waals surface area (Å²) in [5.41, 5.74) is 0.818. The van der Waals surface area contributed by atoms with Crippen LogP contribution in [0, 0.1) is 0 Å². The quantitative estimate of drug-likeness (QED) is 0.870. The van der Waals surface area contributed by atoms with Gasteiger partial charge in [-0.1, -0.05) is 0 Å². The van der Waals surface area contributed by atoms with Crippen LogP contribution >= 0.6 is 0 Å². The minimum atomic E-state index is -3.79. The normalized spacial score (nSPS) is 18.0. The minimum absolute atomic E-state index is 0.217. The fraction of sp³-hybridized carbons (Fsp3) is 0.412. The lowest BCUT2D eigenvalue weighted by Gasteiger charge is -2.22. The van der Waals surface area contributed by atoms with Gasteiger partial charge in [-0.3, -0.25) is 9.78 Å². The molecule has 8 heteroatoms. The van der Waals surface area contributed by atoms with Gasteiger partial charge in [-0.2, -0.15) is 0 Å². The second kappa shape index (κ2) is 7.37. The van der Waals surface area contributed by atoms with Crippen LogP contribution in [0.25, 0.3) is 10.9 Å². The summed E-state index contributed by atoms with van der Waals surface area (Å²) < 4.78 is 37.3. The van der Waals surface area contributed by atoms with Crippen LogP contribution in [0.5, 0.6) is 5.75 Å². The molecule has 1 fully saturated rings. The van der Waals surface area contributed by atoms with Gasteiger partial charge in [0.2, 0.25) is 10.0 Å². The number of hydrogen-bond acceptors (Lipinski definition) is 6. The number of ether oxygens (including phenoxy) is 2. The molecule has 1 aromatic carbocycles. The van der Waals surface area contributed by atoms with Crippen molar-refractivity contribution in [2.45, 2.75) is 25.4 Å². The highest BCUT2D eigenvalue weighted by molar-refractivity contribution is 7.90. The molecule has 25 heavy (non-hydrogen) atoms. The number of benzene rings is 1. The lowest BCUT2D eigenvalue weighted by molar-refractivity contribution is 0.0304. The second-order valence-corrected chi connectivity index (χ2v) is 7.71. The molecule has 1 unspecified atom stereocenters. The van der Waals surface area contributed by atoms with E-state index in [0.29, 0.717) is 29.7 Å². The summed E-state index contributed by atoms with van der Waals surface area (Å²) in [6, 6.07) is 6.60. The molecule has 2 heterocycles. The van der Waals surface area contributed by atoms with Gasteiger partial charge in [0.15, 0.2) is 0 Å². The van der Waals surface area contributed by atoms with E-state index in [9.17, 15) is 13.2 Å². The number of fused-ring (bicyclic) bond motifs is 1. The van der Waals surface area contributed by atoms with E-state index in [1.54, 1.807) is 18.2 Å². The minimum Gasteiger partial charge on any atom is -0.497 e. The number of carbonyl (C=O) groups excluding carboxylic acids is 1. The molecule has 0 aliphatic carbocycles. The first-order chi connectivity index (χ1) is 12.0. The molecule has 7 nitrogen and oxygen atoms in total. The first-order valence-electron chi connectivity index (χ1n) is 8.08. The Labute approximate surface area is 146 Å². The van der Waals surface area contributed by atoms with Gasteiger partial charge in [0.25, 0.3) is 5.91 Å². The summed E-state index contributed by atoms with van der Waals surface area (Å²) in [5, 5.41) is 0.531. The van der Waals surface area contributed by atoms with E-state index in [1.165, 1.54) is 19.4 Å². The van der Waals surface area contributed by atoms with Gasteiger partial charge in [0.05, 0.1) is 30.0 Å². The zero-order valence-corrected chi connectivity index (χ0v) is 14.7. The summed E-state index contributed by atoms with van der Waals surface area (Å²) in [5.74, 6) is -0.338. The van der Waals surface area contributed by atoms with Crippen LogP contribution < -0.4 is 9.46 Å². The largest absolute Gasteiger partial charge is 0.497 e. The maximum absolute atomic E-state index is 12.5. The number of amides is 1. The highest BCUT2D eigenvalue weighted by atomic mass is 32.2. The summed E-state index contributed by atoms with van der Waals surface area (Å²) in [4.78, 5) is 16.7. The Morgan fingerprint density at radius 1 is 1.36 bits per heavy atom. The van der Waals surface area contributed by atoms with Crippen LogP contribution in [0.4, 0.5) is 0 Å². The van der Waals surface area contributed by atoms with Crippen molar-refractivity contribution >= 4 is 26.8 Å². The predicted octanol–water partition coefficient (Wildman–Crippen LogP) is 1.87. The van der Waals surface area contributed by atoms with Crippen molar-refractivity contribution in [2.24, 2.45) is 0 Å². The summed E-state index contributed by atoms with van der Waals surface area (Å²) in [7, 11) is -2.27. The van der Waals surface area contributed by atoms with Crippen LogP contribution in [-0.2, 0) is 14.8 Å². The van der Waals surface area contributed by atoms with Gasteiger partial charge in [0.1, 0.15) is 5.75 Å². The molecule has 1 atom stereocenters. The maximum Gasteiger partial charge on any atom is 0.265 e. The molecule has 0 spiro atoms. The lowest BCUT2D eigenvalue weighted by atomic mass is 10.1. The van der Waals surface area contributed by atoms with Crippen LogP contribution in [0.1, 0.15) is 29.6 Å². The lowest BCUT2D eigenvalue weighted by Crippen LogP contribution is -2.38. The van der Waals surface area contributed by atoms with E-state index < -0.39 is 15.9 Å². The van der Waals surface area contributed by atoms with Crippen molar-refractivity contribution in [1.29, 1.82) is 0 Å². The van der Waals surface area contributed by atoms with E-state index in [-0.39, 0.29) is 17.4 Å². The van der Waals surface area contributed by atoms with Crippen molar-refractivity contribution in [3.05, 3.63) is 36.0 Å². The van der Waals surface area contributed by atoms with Crippen molar-refractivity contribution in [2.75, 3.05) is 19.5 Å². The van der Waals surface area contributed by atoms with Gasteiger partial charge >= 0.3 is 0 Å².